The predicted octanol–water partition coefficient (Wildman–Crippen LogP) is 2.25. The maximum absolute atomic E-state index is 11.6. The zero-order valence-corrected chi connectivity index (χ0v) is 9.45. The molecule has 0 saturated heterocycles. The molecule has 2 rings (SSSR count). The van der Waals surface area contributed by atoms with E-state index in [9.17, 15) is 4.79 Å². The number of rotatable bonds is 2. The van der Waals surface area contributed by atoms with E-state index < -0.39 is 5.97 Å². The van der Waals surface area contributed by atoms with Crippen LogP contribution in [0.1, 0.15) is 15.9 Å². The van der Waals surface area contributed by atoms with Crippen molar-refractivity contribution in [3.8, 4) is 5.75 Å². The van der Waals surface area contributed by atoms with Gasteiger partial charge in [0, 0.05) is 0 Å². The highest BCUT2D eigenvalue weighted by Gasteiger charge is 2.14. The zero-order valence-electron chi connectivity index (χ0n) is 8.64. The number of nitrogens with two attached hydrogens (primary N) is 1. The van der Waals surface area contributed by atoms with Crippen molar-refractivity contribution >= 4 is 22.5 Å². The molecular formula is C11H10N2O2S. The molecule has 82 valence electrons. The van der Waals surface area contributed by atoms with Gasteiger partial charge in [0.25, 0.3) is 0 Å². The molecule has 0 bridgehead atoms. The number of hydrogen-bond acceptors (Lipinski definition) is 5. The predicted molar refractivity (Wildman–Crippen MR) is 62.7 cm³/mol. The van der Waals surface area contributed by atoms with Crippen LogP contribution < -0.4 is 10.5 Å². The molecule has 0 spiro atoms. The van der Waals surface area contributed by atoms with Crippen molar-refractivity contribution in [3.05, 3.63) is 41.6 Å². The van der Waals surface area contributed by atoms with E-state index in [0.29, 0.717) is 16.3 Å². The molecule has 0 saturated carbocycles. The summed E-state index contributed by atoms with van der Waals surface area (Å²) in [6.45, 7) is 1.96. The van der Waals surface area contributed by atoms with Gasteiger partial charge in [0.15, 0.2) is 0 Å². The Morgan fingerprint density at radius 1 is 1.38 bits per heavy atom. The summed E-state index contributed by atoms with van der Waals surface area (Å²) in [6, 6.07) is 7.22. The second-order valence-electron chi connectivity index (χ2n) is 3.31. The van der Waals surface area contributed by atoms with Gasteiger partial charge >= 0.3 is 5.97 Å². The Morgan fingerprint density at radius 2 is 2.06 bits per heavy atom. The number of esters is 1. The minimum atomic E-state index is -0.477. The van der Waals surface area contributed by atoms with E-state index in [1.54, 1.807) is 12.1 Å². The van der Waals surface area contributed by atoms with Crippen molar-refractivity contribution in [2.75, 3.05) is 5.73 Å². The highest BCUT2D eigenvalue weighted by molar-refractivity contribution is 7.10. The van der Waals surface area contributed by atoms with Gasteiger partial charge in [-0.1, -0.05) is 17.7 Å². The SMILES string of the molecule is Cc1ccc(OC(=O)c2cnsc2N)cc1. The monoisotopic (exact) mass is 234 g/mol. The van der Waals surface area contributed by atoms with Gasteiger partial charge in [-0.05, 0) is 30.6 Å². The highest BCUT2D eigenvalue weighted by Crippen LogP contribution is 2.19. The van der Waals surface area contributed by atoms with E-state index in [1.807, 2.05) is 19.1 Å². The molecule has 0 atom stereocenters. The fraction of sp³-hybridized carbons (Fsp3) is 0.0909. The average Bonchev–Trinajstić information content (AvgIpc) is 2.68. The molecule has 2 N–H and O–H groups in total. The average molecular weight is 234 g/mol. The Morgan fingerprint density at radius 3 is 2.62 bits per heavy atom. The van der Waals surface area contributed by atoms with Crippen LogP contribution in [0.5, 0.6) is 5.75 Å². The summed E-state index contributed by atoms with van der Waals surface area (Å²) in [5.41, 5.74) is 6.99. The molecule has 0 aliphatic heterocycles. The lowest BCUT2D eigenvalue weighted by Gasteiger charge is -2.03. The van der Waals surface area contributed by atoms with Crippen molar-refractivity contribution in [3.63, 3.8) is 0 Å². The smallest absolute Gasteiger partial charge is 0.348 e. The molecule has 5 heteroatoms. The van der Waals surface area contributed by atoms with Crippen LogP contribution in [0.4, 0.5) is 5.00 Å². The highest BCUT2D eigenvalue weighted by atomic mass is 32.1. The van der Waals surface area contributed by atoms with Crippen LogP contribution in [0, 0.1) is 6.92 Å². The van der Waals surface area contributed by atoms with Gasteiger partial charge in [-0.15, -0.1) is 0 Å². The van der Waals surface area contributed by atoms with Crippen LogP contribution in [-0.4, -0.2) is 10.3 Å². The van der Waals surface area contributed by atoms with Crippen LogP contribution in [-0.2, 0) is 0 Å². The number of aryl methyl sites for hydroxylation is 1. The Labute approximate surface area is 96.8 Å². The number of hydrogen-bond donors (Lipinski definition) is 1. The molecule has 0 fully saturated rings. The van der Waals surface area contributed by atoms with E-state index in [4.69, 9.17) is 10.5 Å². The summed E-state index contributed by atoms with van der Waals surface area (Å²) in [5.74, 6) is 0.0244. The second kappa shape index (κ2) is 4.32. The topological polar surface area (TPSA) is 65.2 Å². The third-order valence-corrected chi connectivity index (χ3v) is 2.68. The number of anilines is 1. The number of nitrogens with zero attached hydrogens (tertiary/aromatic N) is 1. The third-order valence-electron chi connectivity index (χ3n) is 2.05. The largest absolute Gasteiger partial charge is 0.423 e. The molecule has 0 aliphatic carbocycles. The first kappa shape index (κ1) is 10.6. The van der Waals surface area contributed by atoms with Crippen LogP contribution in [0.25, 0.3) is 0 Å². The number of aromatic nitrogens is 1. The fourth-order valence-corrected chi connectivity index (χ4v) is 1.68. The van der Waals surface area contributed by atoms with E-state index >= 15 is 0 Å². The number of nitrogen functional groups attached to an aromatic ring is 1. The molecule has 4 nitrogen and oxygen atoms in total. The summed E-state index contributed by atoms with van der Waals surface area (Å²) in [5, 5.41) is 0.372. The van der Waals surface area contributed by atoms with E-state index in [1.165, 1.54) is 6.20 Å². The quantitative estimate of drug-likeness (QED) is 0.639. The lowest BCUT2D eigenvalue weighted by Crippen LogP contribution is -2.09. The van der Waals surface area contributed by atoms with E-state index in [0.717, 1.165) is 17.1 Å². The maximum atomic E-state index is 11.6. The first-order valence-electron chi connectivity index (χ1n) is 4.66. The second-order valence-corrected chi connectivity index (χ2v) is 4.14. The molecular weight excluding hydrogens is 224 g/mol. The van der Waals surface area contributed by atoms with Crippen LogP contribution in [0.2, 0.25) is 0 Å². The zero-order chi connectivity index (χ0) is 11.5. The molecule has 2 aromatic rings. The van der Waals surface area contributed by atoms with Crippen molar-refractivity contribution in [1.29, 1.82) is 0 Å². The van der Waals surface area contributed by atoms with Crippen LogP contribution >= 0.6 is 11.5 Å². The first-order valence-corrected chi connectivity index (χ1v) is 5.43. The molecule has 0 amide bonds. The van der Waals surface area contributed by atoms with E-state index in [2.05, 4.69) is 4.37 Å². The first-order chi connectivity index (χ1) is 7.66. The standard InChI is InChI=1S/C11H10N2O2S/c1-7-2-4-8(5-3-7)15-11(14)9-6-13-16-10(9)12/h2-6H,12H2,1H3. The fourth-order valence-electron chi connectivity index (χ4n) is 1.17. The third kappa shape index (κ3) is 2.20. The molecule has 0 aliphatic rings. The normalized spacial score (nSPS) is 10.1. The Kier molecular flexibility index (Phi) is 2.87. The Hall–Kier alpha value is -1.88. The summed E-state index contributed by atoms with van der Waals surface area (Å²) in [6.07, 6.45) is 1.41. The van der Waals surface area contributed by atoms with Gasteiger partial charge in [0.2, 0.25) is 0 Å². The van der Waals surface area contributed by atoms with Gasteiger partial charge in [-0.3, -0.25) is 0 Å². The minimum Gasteiger partial charge on any atom is -0.423 e. The van der Waals surface area contributed by atoms with Crippen molar-refractivity contribution < 1.29 is 9.53 Å². The Bertz CT molecular complexity index is 505. The molecule has 1 heterocycles. The maximum Gasteiger partial charge on any atom is 0.348 e. The number of carbonyl (C=O) groups excluding carboxylic acids is 1. The van der Waals surface area contributed by atoms with Crippen molar-refractivity contribution in [2.24, 2.45) is 0 Å². The summed E-state index contributed by atoms with van der Waals surface area (Å²) in [4.78, 5) is 11.6. The minimum absolute atomic E-state index is 0.311. The number of benzene rings is 1. The lowest BCUT2D eigenvalue weighted by molar-refractivity contribution is 0.0736. The molecule has 1 aromatic carbocycles. The molecule has 0 unspecified atom stereocenters. The van der Waals surface area contributed by atoms with Gasteiger partial charge in [-0.2, -0.15) is 4.37 Å². The summed E-state index contributed by atoms with van der Waals surface area (Å²) < 4.78 is 8.96. The molecule has 1 aromatic heterocycles. The van der Waals surface area contributed by atoms with Crippen LogP contribution in [0.15, 0.2) is 30.5 Å². The van der Waals surface area contributed by atoms with Crippen LogP contribution in [0.3, 0.4) is 0 Å². The summed E-state index contributed by atoms with van der Waals surface area (Å²) >= 11 is 1.07. The van der Waals surface area contributed by atoms with Gasteiger partial charge in [0.1, 0.15) is 16.3 Å². The van der Waals surface area contributed by atoms with E-state index in [-0.39, 0.29) is 0 Å². The lowest BCUT2D eigenvalue weighted by atomic mass is 10.2. The number of ether oxygens (including phenoxy) is 1. The van der Waals surface area contributed by atoms with Gasteiger partial charge < -0.3 is 10.5 Å². The van der Waals surface area contributed by atoms with Gasteiger partial charge in [-0.25, -0.2) is 4.79 Å². The van der Waals surface area contributed by atoms with Crippen molar-refractivity contribution in [1.82, 2.24) is 4.37 Å². The molecule has 0 radical (unpaired) electrons. The van der Waals surface area contributed by atoms with Gasteiger partial charge in [0.05, 0.1) is 6.20 Å². The molecule has 16 heavy (non-hydrogen) atoms. The summed E-state index contributed by atoms with van der Waals surface area (Å²) in [7, 11) is 0. The number of carbonyl (C=O) groups is 1. The Balaban J connectivity index is 2.14. The van der Waals surface area contributed by atoms with Crippen molar-refractivity contribution in [2.45, 2.75) is 6.92 Å².